The molecule has 0 aliphatic rings. The van der Waals surface area contributed by atoms with Crippen molar-refractivity contribution in [1.82, 2.24) is 5.32 Å². The van der Waals surface area contributed by atoms with E-state index in [2.05, 4.69) is 42.9 Å². The minimum atomic E-state index is -0.108. The summed E-state index contributed by atoms with van der Waals surface area (Å²) < 4.78 is 14.1. The van der Waals surface area contributed by atoms with Crippen molar-refractivity contribution in [3.05, 3.63) is 58.0 Å². The van der Waals surface area contributed by atoms with Crippen molar-refractivity contribution >= 4 is 11.3 Å². The van der Waals surface area contributed by atoms with Gasteiger partial charge in [-0.05, 0) is 61.2 Å². The Morgan fingerprint density at radius 1 is 1.20 bits per heavy atom. The van der Waals surface area contributed by atoms with Crippen LogP contribution in [0.15, 0.2) is 41.1 Å². The Labute approximate surface area is 124 Å². The second kappa shape index (κ2) is 6.51. The monoisotopic (exact) mass is 291 g/mol. The summed E-state index contributed by atoms with van der Waals surface area (Å²) in [4.78, 5) is 0. The summed E-state index contributed by atoms with van der Waals surface area (Å²) in [5, 5.41) is 7.71. The lowest BCUT2D eigenvalue weighted by Gasteiger charge is -2.26. The van der Waals surface area contributed by atoms with Gasteiger partial charge >= 0.3 is 0 Å². The Balaban J connectivity index is 2.17. The maximum atomic E-state index is 14.1. The highest BCUT2D eigenvalue weighted by Gasteiger charge is 2.19. The number of rotatable bonds is 5. The van der Waals surface area contributed by atoms with E-state index in [1.807, 2.05) is 12.1 Å². The molecule has 0 bridgehead atoms. The molecule has 1 heterocycles. The minimum absolute atomic E-state index is 0.0398. The van der Waals surface area contributed by atoms with E-state index in [4.69, 9.17) is 0 Å². The van der Waals surface area contributed by atoms with Crippen molar-refractivity contribution in [2.75, 3.05) is 6.54 Å². The molecule has 0 saturated carbocycles. The van der Waals surface area contributed by atoms with E-state index in [0.717, 1.165) is 18.5 Å². The van der Waals surface area contributed by atoms with Crippen molar-refractivity contribution < 1.29 is 4.39 Å². The largest absolute Gasteiger partial charge is 0.311 e. The van der Waals surface area contributed by atoms with Crippen LogP contribution in [0.5, 0.6) is 0 Å². The van der Waals surface area contributed by atoms with E-state index in [-0.39, 0.29) is 17.3 Å². The smallest absolute Gasteiger partial charge is 0.126 e. The molecule has 0 fully saturated rings. The zero-order chi connectivity index (χ0) is 14.6. The van der Waals surface area contributed by atoms with Crippen LogP contribution in [0.4, 0.5) is 4.39 Å². The Hall–Kier alpha value is -1.19. The van der Waals surface area contributed by atoms with Gasteiger partial charge in [-0.2, -0.15) is 11.3 Å². The third-order valence-electron chi connectivity index (χ3n) is 3.29. The highest BCUT2D eigenvalue weighted by Crippen LogP contribution is 2.24. The fraction of sp³-hybridized carbons (Fsp3) is 0.412. The van der Waals surface area contributed by atoms with Gasteiger partial charge < -0.3 is 5.32 Å². The number of benzene rings is 1. The average molecular weight is 291 g/mol. The number of thiophene rings is 1. The molecule has 0 amide bonds. The third-order valence-corrected chi connectivity index (χ3v) is 4.02. The van der Waals surface area contributed by atoms with Gasteiger partial charge in [0.05, 0.1) is 0 Å². The van der Waals surface area contributed by atoms with Gasteiger partial charge in [0.25, 0.3) is 0 Å². The molecule has 0 aliphatic heterocycles. The summed E-state index contributed by atoms with van der Waals surface area (Å²) in [5.74, 6) is 0.0495. The maximum absolute atomic E-state index is 14.1. The standard InChI is InChI=1S/C17H22FNS/c1-17(2,3)19-11-14(10-13-8-9-20-12-13)15-6-4-5-7-16(15)18/h4-9,12,14,19H,10-11H2,1-3H3. The van der Waals surface area contributed by atoms with Crippen molar-refractivity contribution in [3.8, 4) is 0 Å². The molecule has 108 valence electrons. The molecular weight excluding hydrogens is 269 g/mol. The molecule has 0 saturated heterocycles. The molecule has 1 unspecified atom stereocenters. The van der Waals surface area contributed by atoms with Crippen molar-refractivity contribution in [3.63, 3.8) is 0 Å². The van der Waals surface area contributed by atoms with Gasteiger partial charge in [0.2, 0.25) is 0 Å². The van der Waals surface area contributed by atoms with Crippen LogP contribution < -0.4 is 5.32 Å². The summed E-state index contributed by atoms with van der Waals surface area (Å²) in [6, 6.07) is 9.23. The second-order valence-electron chi connectivity index (χ2n) is 6.19. The molecular formula is C17H22FNS. The first kappa shape index (κ1) is 15.2. The highest BCUT2D eigenvalue weighted by atomic mass is 32.1. The molecule has 0 radical (unpaired) electrons. The van der Waals surface area contributed by atoms with Gasteiger partial charge in [0.15, 0.2) is 0 Å². The molecule has 0 spiro atoms. The second-order valence-corrected chi connectivity index (χ2v) is 6.97. The molecule has 1 aromatic carbocycles. The number of hydrogen-bond donors (Lipinski definition) is 1. The van der Waals surface area contributed by atoms with E-state index in [9.17, 15) is 4.39 Å². The molecule has 0 aliphatic carbocycles. The Bertz CT molecular complexity index is 528. The van der Waals surface area contributed by atoms with Gasteiger partial charge in [-0.15, -0.1) is 0 Å². The van der Waals surface area contributed by atoms with Gasteiger partial charge in [0.1, 0.15) is 5.82 Å². The Kier molecular flexibility index (Phi) is 4.95. The normalized spacial score (nSPS) is 13.4. The summed E-state index contributed by atoms with van der Waals surface area (Å²) >= 11 is 1.69. The molecule has 1 atom stereocenters. The molecule has 20 heavy (non-hydrogen) atoms. The molecule has 2 aromatic rings. The Morgan fingerprint density at radius 3 is 2.55 bits per heavy atom. The zero-order valence-corrected chi connectivity index (χ0v) is 13.1. The van der Waals surface area contributed by atoms with Gasteiger partial charge in [-0.25, -0.2) is 4.39 Å². The maximum Gasteiger partial charge on any atom is 0.126 e. The number of nitrogens with one attached hydrogen (secondary N) is 1. The van der Waals surface area contributed by atoms with Crippen LogP contribution in [0.1, 0.15) is 37.8 Å². The van der Waals surface area contributed by atoms with Crippen LogP contribution in [-0.4, -0.2) is 12.1 Å². The van der Waals surface area contributed by atoms with Crippen LogP contribution in [0.25, 0.3) is 0 Å². The lowest BCUT2D eigenvalue weighted by molar-refractivity contribution is 0.401. The average Bonchev–Trinajstić information content (AvgIpc) is 2.87. The summed E-state index contributed by atoms with van der Waals surface area (Å²) in [6.07, 6.45) is 0.869. The van der Waals surface area contributed by atoms with Gasteiger partial charge in [-0.3, -0.25) is 0 Å². The zero-order valence-electron chi connectivity index (χ0n) is 12.3. The fourth-order valence-electron chi connectivity index (χ4n) is 2.22. The SMILES string of the molecule is CC(C)(C)NCC(Cc1ccsc1)c1ccccc1F. The van der Waals surface area contributed by atoms with Crippen LogP contribution in [-0.2, 0) is 6.42 Å². The van der Waals surface area contributed by atoms with Crippen molar-refractivity contribution in [1.29, 1.82) is 0 Å². The van der Waals surface area contributed by atoms with Crippen LogP contribution >= 0.6 is 11.3 Å². The predicted molar refractivity (Wildman–Crippen MR) is 84.9 cm³/mol. The summed E-state index contributed by atoms with van der Waals surface area (Å²) in [7, 11) is 0. The molecule has 1 aromatic heterocycles. The number of hydrogen-bond acceptors (Lipinski definition) is 2. The first-order valence-corrected chi connectivity index (χ1v) is 7.90. The van der Waals surface area contributed by atoms with Crippen LogP contribution in [0.2, 0.25) is 0 Å². The highest BCUT2D eigenvalue weighted by molar-refractivity contribution is 7.07. The van der Waals surface area contributed by atoms with Crippen LogP contribution in [0.3, 0.4) is 0 Å². The summed E-state index contributed by atoms with van der Waals surface area (Å²) in [5.41, 5.74) is 2.12. The molecule has 1 N–H and O–H groups in total. The lowest BCUT2D eigenvalue weighted by atomic mass is 9.91. The number of halogens is 1. The van der Waals surface area contributed by atoms with Crippen molar-refractivity contribution in [2.24, 2.45) is 0 Å². The molecule has 2 rings (SSSR count). The van der Waals surface area contributed by atoms with E-state index in [1.165, 1.54) is 5.56 Å². The van der Waals surface area contributed by atoms with E-state index in [0.29, 0.717) is 0 Å². The summed E-state index contributed by atoms with van der Waals surface area (Å²) in [6.45, 7) is 7.18. The fourth-order valence-corrected chi connectivity index (χ4v) is 2.90. The third kappa shape index (κ3) is 4.43. The van der Waals surface area contributed by atoms with Gasteiger partial charge in [0, 0.05) is 18.0 Å². The van der Waals surface area contributed by atoms with E-state index in [1.54, 1.807) is 23.5 Å². The van der Waals surface area contributed by atoms with Crippen molar-refractivity contribution in [2.45, 2.75) is 38.6 Å². The van der Waals surface area contributed by atoms with E-state index >= 15 is 0 Å². The molecule has 3 heteroatoms. The van der Waals surface area contributed by atoms with E-state index < -0.39 is 0 Å². The quantitative estimate of drug-likeness (QED) is 0.849. The first-order valence-electron chi connectivity index (χ1n) is 6.96. The first-order chi connectivity index (χ1) is 9.46. The Morgan fingerprint density at radius 2 is 1.95 bits per heavy atom. The predicted octanol–water partition coefficient (Wildman–Crippen LogP) is 4.60. The topological polar surface area (TPSA) is 12.0 Å². The minimum Gasteiger partial charge on any atom is -0.311 e. The van der Waals surface area contributed by atoms with Crippen LogP contribution in [0, 0.1) is 5.82 Å². The van der Waals surface area contributed by atoms with Gasteiger partial charge in [-0.1, -0.05) is 18.2 Å². The lowest BCUT2D eigenvalue weighted by Crippen LogP contribution is -2.39. The molecule has 1 nitrogen and oxygen atoms in total.